The molecule has 1 aliphatic carbocycles. The Hall–Kier alpha value is -1.59. The normalized spacial score (nSPS) is 39.7. The van der Waals surface area contributed by atoms with Crippen LogP contribution in [-0.4, -0.2) is 48.0 Å². The van der Waals surface area contributed by atoms with Crippen LogP contribution in [0.4, 0.5) is 0 Å². The van der Waals surface area contributed by atoms with Crippen molar-refractivity contribution in [2.24, 2.45) is 22.9 Å². The van der Waals surface area contributed by atoms with Crippen molar-refractivity contribution in [2.75, 3.05) is 26.7 Å². The zero-order valence-electron chi connectivity index (χ0n) is 13.8. The number of hydrogen-bond acceptors (Lipinski definition) is 5. The molecule has 4 fully saturated rings. The molecule has 0 radical (unpaired) electrons. The standard InChI is InChI=1S/C19H21N3OS/c1-21-18(17-8-13-4-2-3-5-16(13)24-17)20-23-19(21)14-6-12-7-15(19)11-22(9-12)10-14/h2-5,8,12,14-15H,6-7,9-11H2,1H3. The molecule has 0 amide bonds. The van der Waals surface area contributed by atoms with E-state index in [9.17, 15) is 0 Å². The van der Waals surface area contributed by atoms with Gasteiger partial charge in [0.05, 0.1) is 4.88 Å². The van der Waals surface area contributed by atoms with Crippen molar-refractivity contribution in [3.8, 4) is 0 Å². The maximum absolute atomic E-state index is 6.29. The van der Waals surface area contributed by atoms with Crippen molar-refractivity contribution in [3.63, 3.8) is 0 Å². The van der Waals surface area contributed by atoms with Crippen molar-refractivity contribution in [1.82, 2.24) is 9.80 Å². The summed E-state index contributed by atoms with van der Waals surface area (Å²) in [4.78, 5) is 12.5. The summed E-state index contributed by atoms with van der Waals surface area (Å²) in [6.45, 7) is 3.65. The summed E-state index contributed by atoms with van der Waals surface area (Å²) in [5.74, 6) is 3.07. The van der Waals surface area contributed by atoms with Gasteiger partial charge in [-0.15, -0.1) is 11.3 Å². The van der Waals surface area contributed by atoms with Gasteiger partial charge in [0.25, 0.3) is 0 Å². The third-order valence-corrected chi connectivity index (χ3v) is 7.76. The predicted molar refractivity (Wildman–Crippen MR) is 96.1 cm³/mol. The van der Waals surface area contributed by atoms with E-state index in [0.717, 1.165) is 11.8 Å². The number of nitrogens with zero attached hydrogens (tertiary/aromatic N) is 3. The molecular weight excluding hydrogens is 318 g/mol. The second kappa shape index (κ2) is 4.52. The molecule has 5 heterocycles. The Balaban J connectivity index is 1.40. The molecule has 1 spiro atoms. The lowest BCUT2D eigenvalue weighted by molar-refractivity contribution is -0.245. The Morgan fingerprint density at radius 2 is 1.96 bits per heavy atom. The van der Waals surface area contributed by atoms with E-state index in [0.29, 0.717) is 11.8 Å². The van der Waals surface area contributed by atoms with Gasteiger partial charge in [0.2, 0.25) is 5.72 Å². The van der Waals surface area contributed by atoms with Crippen LogP contribution in [0, 0.1) is 17.8 Å². The van der Waals surface area contributed by atoms with Crippen LogP contribution < -0.4 is 0 Å². The number of hydrogen-bond donors (Lipinski definition) is 0. The van der Waals surface area contributed by atoms with Crippen LogP contribution in [0.5, 0.6) is 0 Å². The Kier molecular flexibility index (Phi) is 2.58. The van der Waals surface area contributed by atoms with Crippen molar-refractivity contribution in [2.45, 2.75) is 18.6 Å². The summed E-state index contributed by atoms with van der Waals surface area (Å²) in [5.41, 5.74) is -0.196. The molecule has 2 unspecified atom stereocenters. The molecule has 24 heavy (non-hydrogen) atoms. The van der Waals surface area contributed by atoms with Gasteiger partial charge in [0, 0.05) is 43.2 Å². The molecule has 4 bridgehead atoms. The monoisotopic (exact) mass is 339 g/mol. The number of benzene rings is 1. The van der Waals surface area contributed by atoms with Crippen LogP contribution in [0.3, 0.4) is 0 Å². The fraction of sp³-hybridized carbons (Fsp3) is 0.526. The maximum atomic E-state index is 6.29. The summed E-state index contributed by atoms with van der Waals surface area (Å²) in [6, 6.07) is 10.8. The Morgan fingerprint density at radius 3 is 2.71 bits per heavy atom. The highest BCUT2D eigenvalue weighted by Crippen LogP contribution is 2.54. The Morgan fingerprint density at radius 1 is 1.17 bits per heavy atom. The summed E-state index contributed by atoms with van der Waals surface area (Å²) >= 11 is 1.82. The highest BCUT2D eigenvalue weighted by atomic mass is 32.1. The topological polar surface area (TPSA) is 28.1 Å². The van der Waals surface area contributed by atoms with E-state index >= 15 is 0 Å². The molecule has 2 aromatic rings. The summed E-state index contributed by atoms with van der Waals surface area (Å²) in [5, 5.41) is 5.91. The zero-order chi connectivity index (χ0) is 15.9. The fourth-order valence-corrected chi connectivity index (χ4v) is 6.83. The number of oxime groups is 1. The number of thiophene rings is 1. The minimum atomic E-state index is -0.196. The van der Waals surface area contributed by atoms with E-state index in [2.05, 4.69) is 52.3 Å². The second-order valence-electron chi connectivity index (χ2n) is 7.92. The van der Waals surface area contributed by atoms with Gasteiger partial charge >= 0.3 is 0 Å². The number of rotatable bonds is 1. The van der Waals surface area contributed by atoms with Gasteiger partial charge < -0.3 is 14.6 Å². The quantitative estimate of drug-likeness (QED) is 0.799. The lowest BCUT2D eigenvalue weighted by atomic mass is 9.62. The van der Waals surface area contributed by atoms with Gasteiger partial charge in [0.15, 0.2) is 5.84 Å². The maximum Gasteiger partial charge on any atom is 0.219 e. The first kappa shape index (κ1) is 13.7. The van der Waals surface area contributed by atoms with E-state index in [1.807, 2.05) is 11.3 Å². The Bertz CT molecular complexity index is 796. The first-order valence-electron chi connectivity index (χ1n) is 8.95. The average Bonchev–Trinajstić information content (AvgIpc) is 3.14. The second-order valence-corrected chi connectivity index (χ2v) is 9.00. The number of amidine groups is 1. The van der Waals surface area contributed by atoms with Crippen LogP contribution in [0.1, 0.15) is 17.7 Å². The molecule has 5 aliphatic rings. The summed E-state index contributed by atoms with van der Waals surface area (Å²) in [7, 11) is 2.20. The van der Waals surface area contributed by atoms with Crippen molar-refractivity contribution in [3.05, 3.63) is 35.2 Å². The Labute approximate surface area is 145 Å². The third-order valence-electron chi connectivity index (χ3n) is 6.65. The van der Waals surface area contributed by atoms with Gasteiger partial charge in [-0.05, 0) is 36.3 Å². The molecule has 7 rings (SSSR count). The molecule has 3 saturated heterocycles. The molecule has 0 N–H and O–H groups in total. The van der Waals surface area contributed by atoms with Crippen molar-refractivity contribution in [1.29, 1.82) is 0 Å². The van der Waals surface area contributed by atoms with E-state index in [4.69, 9.17) is 4.84 Å². The average molecular weight is 339 g/mol. The molecule has 4 nitrogen and oxygen atoms in total. The first-order chi connectivity index (χ1) is 11.7. The molecule has 5 heteroatoms. The number of fused-ring (bicyclic) bond motifs is 1. The highest BCUT2D eigenvalue weighted by Gasteiger charge is 2.64. The molecule has 124 valence electrons. The van der Waals surface area contributed by atoms with Gasteiger partial charge in [-0.2, -0.15) is 0 Å². The van der Waals surface area contributed by atoms with E-state index in [-0.39, 0.29) is 5.72 Å². The van der Waals surface area contributed by atoms with E-state index < -0.39 is 0 Å². The zero-order valence-corrected chi connectivity index (χ0v) is 14.6. The molecular formula is C19H21N3OS. The molecule has 2 atom stereocenters. The van der Waals surface area contributed by atoms with Crippen LogP contribution in [-0.2, 0) is 4.84 Å². The molecule has 4 aliphatic heterocycles. The van der Waals surface area contributed by atoms with Crippen molar-refractivity contribution < 1.29 is 4.84 Å². The lowest BCUT2D eigenvalue weighted by Gasteiger charge is -2.60. The minimum absolute atomic E-state index is 0.196. The smallest absolute Gasteiger partial charge is 0.219 e. The predicted octanol–water partition coefficient (Wildman–Crippen LogP) is 3.19. The number of piperidine rings is 3. The largest absolute Gasteiger partial charge is 0.364 e. The van der Waals surface area contributed by atoms with Crippen LogP contribution in [0.2, 0.25) is 0 Å². The van der Waals surface area contributed by atoms with Gasteiger partial charge in [-0.25, -0.2) is 0 Å². The van der Waals surface area contributed by atoms with Crippen LogP contribution >= 0.6 is 11.3 Å². The van der Waals surface area contributed by atoms with Gasteiger partial charge in [0.1, 0.15) is 0 Å². The molecule has 1 saturated carbocycles. The fourth-order valence-electron chi connectivity index (χ4n) is 5.75. The lowest BCUT2D eigenvalue weighted by Crippen LogP contribution is -2.71. The summed E-state index contributed by atoms with van der Waals surface area (Å²) < 4.78 is 1.32. The van der Waals surface area contributed by atoms with E-state index in [1.54, 1.807) is 0 Å². The van der Waals surface area contributed by atoms with Crippen molar-refractivity contribution >= 4 is 27.3 Å². The van der Waals surface area contributed by atoms with Gasteiger partial charge in [-0.1, -0.05) is 23.4 Å². The van der Waals surface area contributed by atoms with Crippen LogP contribution in [0.15, 0.2) is 35.5 Å². The highest BCUT2D eigenvalue weighted by molar-refractivity contribution is 7.20. The summed E-state index contributed by atoms with van der Waals surface area (Å²) in [6.07, 6.45) is 2.60. The minimum Gasteiger partial charge on any atom is -0.364 e. The first-order valence-corrected chi connectivity index (χ1v) is 9.77. The van der Waals surface area contributed by atoms with Gasteiger partial charge in [-0.3, -0.25) is 0 Å². The third kappa shape index (κ3) is 1.60. The molecule has 1 aromatic carbocycles. The molecule has 1 aromatic heterocycles. The van der Waals surface area contributed by atoms with E-state index in [1.165, 1.54) is 47.4 Å². The SMILES string of the molecule is CN1C(c2cc3ccccc3s2)=NOC12C1CC3CC2CN(C3)C1. The van der Waals surface area contributed by atoms with Crippen LogP contribution in [0.25, 0.3) is 10.1 Å².